The Bertz CT molecular complexity index is 451. The van der Waals surface area contributed by atoms with Crippen molar-refractivity contribution in [3.63, 3.8) is 0 Å². The molecule has 5 nitrogen and oxygen atoms in total. The van der Waals surface area contributed by atoms with Crippen LogP contribution in [-0.2, 0) is 5.75 Å². The van der Waals surface area contributed by atoms with Gasteiger partial charge in [0.2, 0.25) is 0 Å². The van der Waals surface area contributed by atoms with Crippen molar-refractivity contribution in [3.05, 3.63) is 33.9 Å². The van der Waals surface area contributed by atoms with Crippen LogP contribution in [0.2, 0.25) is 0 Å². The largest absolute Gasteiger partial charge is 0.380 e. The quantitative estimate of drug-likeness (QED) is 0.406. The Morgan fingerprint density at radius 3 is 2.57 bits per heavy atom. The summed E-state index contributed by atoms with van der Waals surface area (Å²) in [6.07, 6.45) is 0. The van der Waals surface area contributed by atoms with E-state index in [0.29, 0.717) is 12.2 Å². The van der Waals surface area contributed by atoms with E-state index < -0.39 is 0 Å². The number of hydrogen-bond acceptors (Lipinski definition) is 5. The van der Waals surface area contributed by atoms with Crippen molar-refractivity contribution in [1.29, 1.82) is 0 Å². The van der Waals surface area contributed by atoms with Crippen LogP contribution in [0.5, 0.6) is 0 Å². The van der Waals surface area contributed by atoms with Gasteiger partial charge >= 0.3 is 0 Å². The zero-order valence-corrected chi connectivity index (χ0v) is 13.9. The molecule has 1 aromatic carbocycles. The number of nitro groups is 1. The maximum absolute atomic E-state index is 11.1. The van der Waals surface area contributed by atoms with Gasteiger partial charge in [-0.15, -0.1) is 0 Å². The minimum absolute atomic E-state index is 0.165. The molecule has 0 bridgehead atoms. The number of rotatable bonds is 10. The molecule has 1 aromatic rings. The molecule has 0 saturated heterocycles. The van der Waals surface area contributed by atoms with Gasteiger partial charge in [0.05, 0.1) is 4.92 Å². The SMILES string of the molecule is CCNc1ccc(CSCCN(CC)CC)cc1[N+](=O)[O-]. The highest BCUT2D eigenvalue weighted by atomic mass is 32.2. The fraction of sp³-hybridized carbons (Fsp3) is 0.600. The predicted octanol–water partition coefficient (Wildman–Crippen LogP) is 3.60. The molecule has 1 N–H and O–H groups in total. The molecule has 0 spiro atoms. The third-order valence-corrected chi connectivity index (χ3v) is 4.35. The molecular formula is C15H25N3O2S. The first kappa shape index (κ1) is 17.8. The van der Waals surface area contributed by atoms with Gasteiger partial charge in [0.25, 0.3) is 5.69 Å². The number of thioether (sulfide) groups is 1. The van der Waals surface area contributed by atoms with Crippen LogP contribution < -0.4 is 5.32 Å². The van der Waals surface area contributed by atoms with Crippen molar-refractivity contribution >= 4 is 23.1 Å². The van der Waals surface area contributed by atoms with Crippen molar-refractivity contribution in [3.8, 4) is 0 Å². The van der Waals surface area contributed by atoms with Crippen molar-refractivity contribution in [1.82, 2.24) is 4.90 Å². The minimum atomic E-state index is -0.317. The summed E-state index contributed by atoms with van der Waals surface area (Å²) in [5.41, 5.74) is 1.77. The molecule has 0 heterocycles. The molecule has 0 aromatic heterocycles. The molecule has 0 aliphatic heterocycles. The third kappa shape index (κ3) is 5.93. The first-order valence-corrected chi connectivity index (χ1v) is 8.59. The highest BCUT2D eigenvalue weighted by molar-refractivity contribution is 7.98. The lowest BCUT2D eigenvalue weighted by atomic mass is 10.2. The van der Waals surface area contributed by atoms with Crippen LogP contribution in [0.15, 0.2) is 18.2 Å². The monoisotopic (exact) mass is 311 g/mol. The molecule has 0 saturated carbocycles. The van der Waals surface area contributed by atoms with Gasteiger partial charge in [0.1, 0.15) is 5.69 Å². The topological polar surface area (TPSA) is 58.4 Å². The highest BCUT2D eigenvalue weighted by Crippen LogP contribution is 2.27. The molecule has 6 heteroatoms. The fourth-order valence-corrected chi connectivity index (χ4v) is 3.03. The summed E-state index contributed by atoms with van der Waals surface area (Å²) in [5.74, 6) is 1.86. The van der Waals surface area contributed by atoms with Crippen molar-refractivity contribution in [2.45, 2.75) is 26.5 Å². The summed E-state index contributed by atoms with van der Waals surface area (Å²) in [6.45, 7) is 10.1. The Labute approximate surface area is 131 Å². The molecule has 21 heavy (non-hydrogen) atoms. The smallest absolute Gasteiger partial charge is 0.292 e. The van der Waals surface area contributed by atoms with Crippen LogP contribution >= 0.6 is 11.8 Å². The molecule has 0 atom stereocenters. The number of nitrogens with one attached hydrogen (secondary N) is 1. The molecular weight excluding hydrogens is 286 g/mol. The lowest BCUT2D eigenvalue weighted by Crippen LogP contribution is -2.25. The average Bonchev–Trinajstić information content (AvgIpc) is 2.48. The van der Waals surface area contributed by atoms with Crippen LogP contribution in [0.25, 0.3) is 0 Å². The van der Waals surface area contributed by atoms with Crippen LogP contribution in [0.4, 0.5) is 11.4 Å². The van der Waals surface area contributed by atoms with Gasteiger partial charge in [0, 0.05) is 30.7 Å². The second-order valence-electron chi connectivity index (χ2n) is 4.72. The average molecular weight is 311 g/mol. The first-order valence-electron chi connectivity index (χ1n) is 7.43. The van der Waals surface area contributed by atoms with E-state index in [2.05, 4.69) is 24.1 Å². The molecule has 0 fully saturated rings. The second kappa shape index (κ2) is 9.63. The van der Waals surface area contributed by atoms with Gasteiger partial charge in [-0.3, -0.25) is 10.1 Å². The van der Waals surface area contributed by atoms with Crippen molar-refractivity contribution in [2.75, 3.05) is 37.2 Å². The van der Waals surface area contributed by atoms with Crippen LogP contribution in [0.1, 0.15) is 26.3 Å². The van der Waals surface area contributed by atoms with E-state index in [0.717, 1.165) is 36.7 Å². The van der Waals surface area contributed by atoms with Crippen molar-refractivity contribution in [2.24, 2.45) is 0 Å². The zero-order valence-electron chi connectivity index (χ0n) is 13.1. The van der Waals surface area contributed by atoms with Crippen LogP contribution in [0.3, 0.4) is 0 Å². The normalized spacial score (nSPS) is 10.9. The Morgan fingerprint density at radius 1 is 1.29 bits per heavy atom. The van der Waals surface area contributed by atoms with Gasteiger partial charge in [-0.05, 0) is 31.6 Å². The van der Waals surface area contributed by atoms with Crippen LogP contribution in [0, 0.1) is 10.1 Å². The van der Waals surface area contributed by atoms with E-state index in [9.17, 15) is 10.1 Å². The Kier molecular flexibility index (Phi) is 8.15. The standard InChI is InChI=1S/C15H25N3O2S/c1-4-16-14-8-7-13(11-15(14)18(19)20)12-21-10-9-17(5-2)6-3/h7-8,11,16H,4-6,9-10,12H2,1-3H3. The third-order valence-electron chi connectivity index (χ3n) is 3.34. The summed E-state index contributed by atoms with van der Waals surface area (Å²) in [7, 11) is 0. The van der Waals surface area contributed by atoms with Gasteiger partial charge in [-0.1, -0.05) is 19.9 Å². The highest BCUT2D eigenvalue weighted by Gasteiger charge is 2.13. The van der Waals surface area contributed by atoms with E-state index in [1.807, 2.05) is 30.8 Å². The molecule has 0 unspecified atom stereocenters. The Hall–Kier alpha value is -1.27. The summed E-state index contributed by atoms with van der Waals surface area (Å²) < 4.78 is 0. The van der Waals surface area contributed by atoms with E-state index >= 15 is 0 Å². The number of hydrogen-bond donors (Lipinski definition) is 1. The molecule has 0 amide bonds. The summed E-state index contributed by atoms with van der Waals surface area (Å²) in [4.78, 5) is 13.2. The molecule has 118 valence electrons. The zero-order chi connectivity index (χ0) is 15.7. The number of nitrogens with zero attached hydrogens (tertiary/aromatic N) is 2. The second-order valence-corrected chi connectivity index (χ2v) is 5.82. The van der Waals surface area contributed by atoms with Crippen LogP contribution in [-0.4, -0.2) is 41.8 Å². The lowest BCUT2D eigenvalue weighted by Gasteiger charge is -2.17. The van der Waals surface area contributed by atoms with E-state index in [1.165, 1.54) is 0 Å². The van der Waals surface area contributed by atoms with Crippen molar-refractivity contribution < 1.29 is 4.92 Å². The lowest BCUT2D eigenvalue weighted by molar-refractivity contribution is -0.384. The first-order chi connectivity index (χ1) is 10.1. The summed E-state index contributed by atoms with van der Waals surface area (Å²) in [6, 6.07) is 5.46. The molecule has 0 radical (unpaired) electrons. The number of benzene rings is 1. The minimum Gasteiger partial charge on any atom is -0.380 e. The summed E-state index contributed by atoms with van der Waals surface area (Å²) in [5, 5.41) is 14.1. The number of nitro benzene ring substituents is 1. The van der Waals surface area contributed by atoms with Gasteiger partial charge < -0.3 is 10.2 Å². The fourth-order valence-electron chi connectivity index (χ4n) is 2.08. The maximum atomic E-state index is 11.1. The molecule has 0 aliphatic carbocycles. The van der Waals surface area contributed by atoms with Gasteiger partial charge in [-0.2, -0.15) is 11.8 Å². The maximum Gasteiger partial charge on any atom is 0.292 e. The number of anilines is 1. The van der Waals surface area contributed by atoms with Gasteiger partial charge in [0.15, 0.2) is 0 Å². The molecule has 0 aliphatic rings. The Balaban J connectivity index is 2.56. The van der Waals surface area contributed by atoms with E-state index in [4.69, 9.17) is 0 Å². The van der Waals surface area contributed by atoms with E-state index in [-0.39, 0.29) is 10.6 Å². The molecule has 1 rings (SSSR count). The van der Waals surface area contributed by atoms with E-state index in [1.54, 1.807) is 6.07 Å². The summed E-state index contributed by atoms with van der Waals surface area (Å²) >= 11 is 1.82. The van der Waals surface area contributed by atoms with Gasteiger partial charge in [-0.25, -0.2) is 0 Å². The predicted molar refractivity (Wildman–Crippen MR) is 91.2 cm³/mol. The Morgan fingerprint density at radius 2 is 2.00 bits per heavy atom.